The quantitative estimate of drug-likeness (QED) is 0.588. The Bertz CT molecular complexity index is 177. The van der Waals surface area contributed by atoms with Crippen LogP contribution in [-0.4, -0.2) is 17.6 Å². The van der Waals surface area contributed by atoms with E-state index in [1.807, 2.05) is 20.8 Å². The second kappa shape index (κ2) is 3.53. The minimum atomic E-state index is -0.930. The summed E-state index contributed by atoms with van der Waals surface area (Å²) in [7, 11) is 0. The first kappa shape index (κ1) is 10.2. The van der Waals surface area contributed by atoms with Gasteiger partial charge in [-0.3, -0.25) is 0 Å². The Labute approximate surface area is 66.9 Å². The molecule has 0 bridgehead atoms. The lowest BCUT2D eigenvalue weighted by atomic mass is 9.86. The van der Waals surface area contributed by atoms with Gasteiger partial charge in [0.1, 0.15) is 0 Å². The van der Waals surface area contributed by atoms with Gasteiger partial charge < -0.3 is 10.8 Å². The number of hydrogen-bond acceptors (Lipinski definition) is 2. The Balaban J connectivity index is 4.54. The number of hydrogen-bond donors (Lipinski definition) is 2. The van der Waals surface area contributed by atoms with Crippen molar-refractivity contribution in [1.29, 1.82) is 0 Å². The third-order valence-electron chi connectivity index (χ3n) is 1.48. The molecule has 0 heterocycles. The van der Waals surface area contributed by atoms with E-state index in [0.29, 0.717) is 6.54 Å². The Morgan fingerprint density at radius 2 is 2.00 bits per heavy atom. The molecule has 0 atom stereocenters. The lowest BCUT2D eigenvalue weighted by molar-refractivity contribution is -0.131. The minimum absolute atomic E-state index is 0.146. The number of carbonyl (C=O) groups is 1. The molecule has 0 aromatic heterocycles. The van der Waals surface area contributed by atoms with Crippen LogP contribution < -0.4 is 5.73 Å². The van der Waals surface area contributed by atoms with Gasteiger partial charge in [0.05, 0.1) is 0 Å². The van der Waals surface area contributed by atoms with Gasteiger partial charge in [0.25, 0.3) is 0 Å². The summed E-state index contributed by atoms with van der Waals surface area (Å²) in [5.41, 5.74) is 5.98. The molecule has 0 aromatic carbocycles. The van der Waals surface area contributed by atoms with E-state index in [1.165, 1.54) is 6.08 Å². The fourth-order valence-electron chi connectivity index (χ4n) is 0.731. The van der Waals surface area contributed by atoms with E-state index in [9.17, 15) is 4.79 Å². The first-order valence-corrected chi connectivity index (χ1v) is 3.52. The van der Waals surface area contributed by atoms with E-state index in [2.05, 4.69) is 0 Å². The highest BCUT2D eigenvalue weighted by molar-refractivity contribution is 5.81. The normalized spacial score (nSPS) is 13.3. The maximum absolute atomic E-state index is 10.3. The zero-order valence-electron chi connectivity index (χ0n) is 7.22. The summed E-state index contributed by atoms with van der Waals surface area (Å²) in [5, 5.41) is 8.45. The molecule has 0 rings (SSSR count). The molecular formula is C8H15NO2. The molecule has 0 aliphatic carbocycles. The minimum Gasteiger partial charge on any atom is -0.478 e. The molecule has 0 saturated carbocycles. The molecule has 0 aliphatic rings. The molecule has 0 spiro atoms. The maximum atomic E-state index is 10.3. The Morgan fingerprint density at radius 1 is 1.55 bits per heavy atom. The predicted octanol–water partition coefficient (Wildman–Crippen LogP) is 1.00. The van der Waals surface area contributed by atoms with Crippen molar-refractivity contribution >= 4 is 5.97 Å². The van der Waals surface area contributed by atoms with Crippen molar-refractivity contribution in [3.05, 3.63) is 11.6 Å². The van der Waals surface area contributed by atoms with Crippen LogP contribution in [-0.2, 0) is 4.79 Å². The molecule has 0 unspecified atom stereocenters. The van der Waals surface area contributed by atoms with E-state index < -0.39 is 5.97 Å². The molecule has 3 heteroatoms. The van der Waals surface area contributed by atoms with E-state index in [0.717, 1.165) is 5.57 Å². The van der Waals surface area contributed by atoms with Crippen molar-refractivity contribution in [2.45, 2.75) is 20.8 Å². The fourth-order valence-corrected chi connectivity index (χ4v) is 0.731. The molecule has 0 fully saturated rings. The second-order valence-corrected chi connectivity index (χ2v) is 3.46. The van der Waals surface area contributed by atoms with Crippen molar-refractivity contribution < 1.29 is 9.90 Å². The second-order valence-electron chi connectivity index (χ2n) is 3.46. The lowest BCUT2D eigenvalue weighted by Crippen LogP contribution is -2.19. The molecule has 11 heavy (non-hydrogen) atoms. The summed E-state index contributed by atoms with van der Waals surface area (Å²) in [6.45, 7) is 6.12. The molecule has 0 radical (unpaired) electrons. The highest BCUT2D eigenvalue weighted by atomic mass is 16.4. The van der Waals surface area contributed by atoms with E-state index in [-0.39, 0.29) is 5.41 Å². The standard InChI is InChI=1S/C8H15NO2/c1-8(2,3)6(5-9)4-7(10)11/h4H,5,9H2,1-3H3,(H,10,11)/b6-4+. The van der Waals surface area contributed by atoms with Crippen LogP contribution in [0.3, 0.4) is 0 Å². The Hall–Kier alpha value is -0.830. The van der Waals surface area contributed by atoms with Crippen LogP contribution in [0.25, 0.3) is 0 Å². The average Bonchev–Trinajstić information content (AvgIpc) is 1.79. The lowest BCUT2D eigenvalue weighted by Gasteiger charge is -2.20. The molecule has 0 aliphatic heterocycles. The van der Waals surface area contributed by atoms with Crippen LogP contribution in [0.15, 0.2) is 11.6 Å². The van der Waals surface area contributed by atoms with Gasteiger partial charge >= 0.3 is 5.97 Å². The van der Waals surface area contributed by atoms with Gasteiger partial charge in [-0.1, -0.05) is 20.8 Å². The van der Waals surface area contributed by atoms with Gasteiger partial charge in [-0.25, -0.2) is 4.79 Å². The number of aliphatic carboxylic acids is 1. The van der Waals surface area contributed by atoms with Gasteiger partial charge in [-0.2, -0.15) is 0 Å². The predicted molar refractivity (Wildman–Crippen MR) is 44.2 cm³/mol. The van der Waals surface area contributed by atoms with Crippen molar-refractivity contribution in [3.63, 3.8) is 0 Å². The molecule has 64 valence electrons. The zero-order chi connectivity index (χ0) is 9.07. The number of carboxylic acid groups (broad SMARTS) is 1. The van der Waals surface area contributed by atoms with E-state index >= 15 is 0 Å². The first-order valence-electron chi connectivity index (χ1n) is 3.52. The van der Waals surface area contributed by atoms with Crippen LogP contribution in [0, 0.1) is 5.41 Å². The molecule has 3 N–H and O–H groups in total. The summed E-state index contributed by atoms with van der Waals surface area (Å²) in [6.07, 6.45) is 1.18. The fraction of sp³-hybridized carbons (Fsp3) is 0.625. The third-order valence-corrected chi connectivity index (χ3v) is 1.48. The van der Waals surface area contributed by atoms with E-state index in [1.54, 1.807) is 0 Å². The summed E-state index contributed by atoms with van der Waals surface area (Å²) in [6, 6.07) is 0. The summed E-state index contributed by atoms with van der Waals surface area (Å²) in [5.74, 6) is -0.930. The van der Waals surface area contributed by atoms with Crippen LogP contribution in [0.2, 0.25) is 0 Å². The molecule has 3 nitrogen and oxygen atoms in total. The van der Waals surface area contributed by atoms with Crippen molar-refractivity contribution in [2.24, 2.45) is 11.1 Å². The van der Waals surface area contributed by atoms with Crippen molar-refractivity contribution in [2.75, 3.05) is 6.54 Å². The molecular weight excluding hydrogens is 142 g/mol. The van der Waals surface area contributed by atoms with Gasteiger partial charge in [0.2, 0.25) is 0 Å². The van der Waals surface area contributed by atoms with Crippen molar-refractivity contribution in [1.82, 2.24) is 0 Å². The Morgan fingerprint density at radius 3 is 2.09 bits per heavy atom. The highest BCUT2D eigenvalue weighted by Crippen LogP contribution is 2.23. The summed E-state index contributed by atoms with van der Waals surface area (Å²) >= 11 is 0. The van der Waals surface area contributed by atoms with Crippen LogP contribution in [0.1, 0.15) is 20.8 Å². The van der Waals surface area contributed by atoms with Gasteiger partial charge in [0, 0.05) is 12.6 Å². The summed E-state index contributed by atoms with van der Waals surface area (Å²) < 4.78 is 0. The number of carboxylic acids is 1. The zero-order valence-corrected chi connectivity index (χ0v) is 7.22. The molecule has 0 saturated heterocycles. The summed E-state index contributed by atoms with van der Waals surface area (Å²) in [4.78, 5) is 10.3. The van der Waals surface area contributed by atoms with Gasteiger partial charge in [-0.15, -0.1) is 0 Å². The number of nitrogens with two attached hydrogens (primary N) is 1. The first-order chi connectivity index (χ1) is 4.88. The topological polar surface area (TPSA) is 63.3 Å². The van der Waals surface area contributed by atoms with Crippen LogP contribution in [0.4, 0.5) is 0 Å². The van der Waals surface area contributed by atoms with E-state index in [4.69, 9.17) is 10.8 Å². The van der Waals surface area contributed by atoms with Crippen LogP contribution in [0.5, 0.6) is 0 Å². The maximum Gasteiger partial charge on any atom is 0.328 e. The average molecular weight is 157 g/mol. The van der Waals surface area contributed by atoms with Crippen molar-refractivity contribution in [3.8, 4) is 0 Å². The highest BCUT2D eigenvalue weighted by Gasteiger charge is 2.16. The van der Waals surface area contributed by atoms with Gasteiger partial charge in [0.15, 0.2) is 0 Å². The third kappa shape index (κ3) is 3.78. The monoisotopic (exact) mass is 157 g/mol. The smallest absolute Gasteiger partial charge is 0.328 e. The van der Waals surface area contributed by atoms with Gasteiger partial charge in [-0.05, 0) is 11.0 Å². The largest absolute Gasteiger partial charge is 0.478 e. The molecule has 0 amide bonds. The van der Waals surface area contributed by atoms with Crippen LogP contribution >= 0.6 is 0 Å². The Kier molecular flexibility index (Phi) is 3.26. The number of rotatable bonds is 2. The molecule has 0 aromatic rings. The SMILES string of the molecule is CC(C)(C)/C(=C/C(=O)O)CN.